The maximum Gasteiger partial charge on any atom is 0.523 e. The molecule has 0 radical (unpaired) electrons. The Morgan fingerprint density at radius 1 is 0.971 bits per heavy atom. The lowest BCUT2D eigenvalue weighted by molar-refractivity contribution is -0.0867. The van der Waals surface area contributed by atoms with Crippen LogP contribution >= 0.6 is 0 Å². The Kier molecular flexibility index (Phi) is 8.29. The van der Waals surface area contributed by atoms with Crippen molar-refractivity contribution in [3.05, 3.63) is 60.7 Å². The van der Waals surface area contributed by atoms with Crippen LogP contribution in [0.15, 0.2) is 60.7 Å². The maximum atomic E-state index is 13.2. The highest BCUT2D eigenvalue weighted by atomic mass is 32.2. The minimum absolute atomic E-state index is 0.329. The predicted octanol–water partition coefficient (Wildman–Crippen LogP) is 4.37. The molecule has 0 aromatic heterocycles. The third kappa shape index (κ3) is 5.73. The molecule has 10 heteroatoms. The molecule has 2 atom stereocenters. The Morgan fingerprint density at radius 2 is 1.50 bits per heavy atom. The van der Waals surface area contributed by atoms with Gasteiger partial charge in [-0.2, -0.15) is 21.6 Å². The van der Waals surface area contributed by atoms with Gasteiger partial charge >= 0.3 is 15.6 Å². The molecule has 1 aliphatic heterocycles. The second kappa shape index (κ2) is 10.5. The largest absolute Gasteiger partial charge is 0.523 e. The molecule has 1 heterocycles. The van der Waals surface area contributed by atoms with Gasteiger partial charge in [0, 0.05) is 6.61 Å². The molecule has 3 rings (SSSR count). The van der Waals surface area contributed by atoms with Crippen LogP contribution in [0, 0.1) is 0 Å². The third-order valence-electron chi connectivity index (χ3n) is 6.04. The predicted molar refractivity (Wildman–Crippen MR) is 127 cm³/mol. The van der Waals surface area contributed by atoms with Gasteiger partial charge in [0.1, 0.15) is 6.10 Å². The lowest BCUT2D eigenvalue weighted by atomic mass is 10.1. The molecular weight excluding hydrogens is 485 g/mol. The van der Waals surface area contributed by atoms with Gasteiger partial charge in [0.15, 0.2) is 0 Å². The molecule has 1 saturated heterocycles. The zero-order chi connectivity index (χ0) is 25.0. The number of hydrogen-bond donors (Lipinski definition) is 0. The molecule has 1 aliphatic rings. The molecule has 34 heavy (non-hydrogen) atoms. The second-order valence-corrected chi connectivity index (χ2v) is 15.3. The number of halogens is 3. The fourth-order valence-electron chi connectivity index (χ4n) is 4.44. The molecule has 5 nitrogen and oxygen atoms in total. The van der Waals surface area contributed by atoms with Crippen molar-refractivity contribution in [3.63, 3.8) is 0 Å². The molecule has 0 N–H and O–H groups in total. The van der Waals surface area contributed by atoms with Gasteiger partial charge in [-0.25, -0.2) is 0 Å². The Labute approximate surface area is 200 Å². The standard InChI is InChI=1S/C24H31F3O5SSi/c1-23(2,3)34(19-12-6-4-7-13-19,20-14-8-5-9-15-20)31-18-22(21-16-10-11-17-30-21)32-33(28,29)24(25,26)27/h4-9,12-15,21-22H,10-11,16-18H2,1-3H3/t21-,22+/m0/s1. The lowest BCUT2D eigenvalue weighted by Crippen LogP contribution is -2.67. The van der Waals surface area contributed by atoms with Crippen LogP contribution in [0.2, 0.25) is 5.04 Å². The van der Waals surface area contributed by atoms with Crippen molar-refractivity contribution in [1.82, 2.24) is 0 Å². The van der Waals surface area contributed by atoms with E-state index in [9.17, 15) is 21.6 Å². The van der Waals surface area contributed by atoms with Crippen LogP contribution in [0.4, 0.5) is 13.2 Å². The first kappa shape index (κ1) is 26.9. The van der Waals surface area contributed by atoms with Gasteiger partial charge in [0.05, 0.1) is 12.7 Å². The fraction of sp³-hybridized carbons (Fsp3) is 0.500. The molecule has 2 aromatic carbocycles. The summed E-state index contributed by atoms with van der Waals surface area (Å²) in [5.74, 6) is 0. The van der Waals surface area contributed by atoms with E-state index >= 15 is 0 Å². The van der Waals surface area contributed by atoms with E-state index in [4.69, 9.17) is 13.3 Å². The summed E-state index contributed by atoms with van der Waals surface area (Å²) < 4.78 is 80.4. The maximum absolute atomic E-state index is 13.2. The molecule has 2 aromatic rings. The number of benzene rings is 2. The number of hydrogen-bond acceptors (Lipinski definition) is 5. The van der Waals surface area contributed by atoms with E-state index in [1.165, 1.54) is 0 Å². The first-order chi connectivity index (χ1) is 15.9. The van der Waals surface area contributed by atoms with Crippen LogP contribution in [0.25, 0.3) is 0 Å². The van der Waals surface area contributed by atoms with Crippen molar-refractivity contribution in [2.75, 3.05) is 13.2 Å². The van der Waals surface area contributed by atoms with Crippen LogP contribution in [-0.2, 0) is 23.5 Å². The highest BCUT2D eigenvalue weighted by Crippen LogP contribution is 2.37. The summed E-state index contributed by atoms with van der Waals surface area (Å²) in [7, 11) is -8.93. The van der Waals surface area contributed by atoms with E-state index in [1.54, 1.807) is 0 Å². The van der Waals surface area contributed by atoms with Gasteiger partial charge < -0.3 is 9.16 Å². The van der Waals surface area contributed by atoms with Gasteiger partial charge in [0.2, 0.25) is 0 Å². The quantitative estimate of drug-likeness (QED) is 0.296. The Hall–Kier alpha value is -1.72. The van der Waals surface area contributed by atoms with E-state index in [-0.39, 0.29) is 6.61 Å². The van der Waals surface area contributed by atoms with Crippen molar-refractivity contribution < 1.29 is 34.9 Å². The van der Waals surface area contributed by atoms with E-state index in [1.807, 2.05) is 81.4 Å². The van der Waals surface area contributed by atoms with E-state index in [0.717, 1.165) is 16.8 Å². The van der Waals surface area contributed by atoms with E-state index < -0.39 is 41.2 Å². The van der Waals surface area contributed by atoms with Crippen LogP contribution < -0.4 is 10.4 Å². The number of ether oxygens (including phenoxy) is 1. The average molecular weight is 517 g/mol. The molecule has 0 aliphatic carbocycles. The summed E-state index contributed by atoms with van der Waals surface area (Å²) in [5, 5.41) is 1.42. The van der Waals surface area contributed by atoms with Gasteiger partial charge in [-0.05, 0) is 34.7 Å². The Bertz CT molecular complexity index is 979. The van der Waals surface area contributed by atoms with Crippen molar-refractivity contribution >= 4 is 28.8 Å². The number of rotatable bonds is 8. The first-order valence-electron chi connectivity index (χ1n) is 11.2. The zero-order valence-electron chi connectivity index (χ0n) is 19.5. The summed E-state index contributed by atoms with van der Waals surface area (Å²) >= 11 is 0. The topological polar surface area (TPSA) is 61.8 Å². The number of alkyl halides is 3. The molecule has 0 spiro atoms. The summed E-state index contributed by atoms with van der Waals surface area (Å²) in [6.45, 7) is 6.05. The molecular formula is C24H31F3O5SSi. The van der Waals surface area contributed by atoms with Gasteiger partial charge in [-0.1, -0.05) is 81.4 Å². The first-order valence-corrected chi connectivity index (χ1v) is 14.6. The van der Waals surface area contributed by atoms with Crippen molar-refractivity contribution in [3.8, 4) is 0 Å². The zero-order valence-corrected chi connectivity index (χ0v) is 21.4. The van der Waals surface area contributed by atoms with Crippen LogP contribution in [0.1, 0.15) is 40.0 Å². The van der Waals surface area contributed by atoms with E-state index in [2.05, 4.69) is 0 Å². The highest BCUT2D eigenvalue weighted by Gasteiger charge is 2.53. The third-order valence-corrected chi connectivity index (χ3v) is 12.1. The van der Waals surface area contributed by atoms with Crippen molar-refractivity contribution in [2.24, 2.45) is 0 Å². The van der Waals surface area contributed by atoms with Gasteiger partial charge in [0.25, 0.3) is 8.32 Å². The highest BCUT2D eigenvalue weighted by molar-refractivity contribution is 7.87. The van der Waals surface area contributed by atoms with Crippen molar-refractivity contribution in [2.45, 2.75) is 62.8 Å². The molecule has 188 valence electrons. The monoisotopic (exact) mass is 516 g/mol. The smallest absolute Gasteiger partial charge is 0.405 e. The van der Waals surface area contributed by atoms with Crippen LogP contribution in [0.5, 0.6) is 0 Å². The Balaban J connectivity index is 2.04. The molecule has 0 unspecified atom stereocenters. The molecule has 0 saturated carbocycles. The minimum Gasteiger partial charge on any atom is -0.405 e. The van der Waals surface area contributed by atoms with Gasteiger partial charge in [-0.15, -0.1) is 0 Å². The summed E-state index contributed by atoms with van der Waals surface area (Å²) in [6, 6.07) is 19.1. The lowest BCUT2D eigenvalue weighted by Gasteiger charge is -2.44. The second-order valence-electron chi connectivity index (χ2n) is 9.41. The molecule has 0 bridgehead atoms. The van der Waals surface area contributed by atoms with Crippen LogP contribution in [0.3, 0.4) is 0 Å². The molecule has 0 amide bonds. The van der Waals surface area contributed by atoms with Crippen molar-refractivity contribution in [1.29, 1.82) is 0 Å². The Morgan fingerprint density at radius 3 is 1.91 bits per heavy atom. The minimum atomic E-state index is -5.82. The summed E-state index contributed by atoms with van der Waals surface area (Å²) in [5.41, 5.74) is -5.53. The fourth-order valence-corrected chi connectivity index (χ4v) is 9.63. The van der Waals surface area contributed by atoms with Gasteiger partial charge in [-0.3, -0.25) is 4.18 Å². The summed E-state index contributed by atoms with van der Waals surface area (Å²) in [6.07, 6.45) is -0.388. The van der Waals surface area contributed by atoms with Crippen LogP contribution in [-0.4, -0.2) is 47.7 Å². The average Bonchev–Trinajstić information content (AvgIpc) is 2.79. The SMILES string of the molecule is CC(C)(C)[Si](OC[C@@H](OS(=O)(=O)C(F)(F)F)[C@@H]1CCCCO1)(c1ccccc1)c1ccccc1. The summed E-state index contributed by atoms with van der Waals surface area (Å²) in [4.78, 5) is 0. The normalized spacial score (nSPS) is 19.1. The van der Waals surface area contributed by atoms with E-state index in [0.29, 0.717) is 19.4 Å². The molecule has 1 fully saturated rings.